The van der Waals surface area contributed by atoms with Crippen LogP contribution >= 0.6 is 0 Å². The number of carbonyl (C=O) groups excluding carboxylic acids is 2. The van der Waals surface area contributed by atoms with Crippen LogP contribution in [0.3, 0.4) is 0 Å². The van der Waals surface area contributed by atoms with E-state index in [1.54, 1.807) is 14.2 Å². The van der Waals surface area contributed by atoms with E-state index < -0.39 is 0 Å². The maximum absolute atomic E-state index is 12.7. The van der Waals surface area contributed by atoms with Gasteiger partial charge >= 0.3 is 12.2 Å². The monoisotopic (exact) mass is 666 g/mol. The lowest BCUT2D eigenvalue weighted by Gasteiger charge is -2.46. The second-order valence-electron chi connectivity index (χ2n) is 13.8. The molecule has 4 aliphatic rings. The third kappa shape index (κ3) is 8.20. The van der Waals surface area contributed by atoms with Crippen molar-refractivity contribution >= 4 is 12.2 Å². The average molecular weight is 667 g/mol. The van der Waals surface area contributed by atoms with Crippen LogP contribution in [0.5, 0.6) is 11.5 Å². The number of hydrogen-bond acceptors (Lipinski definition) is 8. The molecule has 264 valence electrons. The molecule has 2 aromatic rings. The predicted molar refractivity (Wildman–Crippen MR) is 182 cm³/mol. The fourth-order valence-corrected chi connectivity index (χ4v) is 7.87. The number of aliphatic hydroxyl groups excluding tert-OH is 2. The number of methoxy groups -OCH3 is 2. The van der Waals surface area contributed by atoms with Crippen molar-refractivity contribution in [1.29, 1.82) is 0 Å². The number of rotatable bonds is 8. The van der Waals surface area contributed by atoms with Gasteiger partial charge in [-0.1, -0.05) is 38.1 Å². The van der Waals surface area contributed by atoms with Gasteiger partial charge in [-0.15, -0.1) is 0 Å². The van der Waals surface area contributed by atoms with Crippen molar-refractivity contribution in [1.82, 2.24) is 9.80 Å². The van der Waals surface area contributed by atoms with Crippen LogP contribution in [-0.2, 0) is 9.47 Å². The van der Waals surface area contributed by atoms with Crippen molar-refractivity contribution in [3.8, 4) is 11.5 Å². The highest BCUT2D eigenvalue weighted by molar-refractivity contribution is 5.70. The van der Waals surface area contributed by atoms with Crippen LogP contribution in [0.1, 0.15) is 114 Å². The molecule has 6 rings (SSSR count). The molecule has 10 heteroatoms. The molecule has 0 radical (unpaired) electrons. The van der Waals surface area contributed by atoms with Crippen molar-refractivity contribution in [2.75, 3.05) is 27.3 Å². The van der Waals surface area contributed by atoms with E-state index >= 15 is 0 Å². The highest BCUT2D eigenvalue weighted by Gasteiger charge is 2.46. The molecule has 2 saturated carbocycles. The van der Waals surface area contributed by atoms with Gasteiger partial charge in [0.05, 0.1) is 38.5 Å². The number of nitrogens with zero attached hydrogens (tertiary/aromatic N) is 2. The molecule has 2 N–H and O–H groups in total. The fourth-order valence-electron chi connectivity index (χ4n) is 7.87. The molecule has 2 saturated heterocycles. The zero-order valence-corrected chi connectivity index (χ0v) is 29.1. The Morgan fingerprint density at radius 1 is 0.646 bits per heavy atom. The third-order valence-corrected chi connectivity index (χ3v) is 11.0. The van der Waals surface area contributed by atoms with Gasteiger partial charge in [0.15, 0.2) is 0 Å². The average Bonchev–Trinajstić information content (AvgIpc) is 3.11. The quantitative estimate of drug-likeness (QED) is 0.301. The minimum Gasteiger partial charge on any atom is -0.497 e. The van der Waals surface area contributed by atoms with Gasteiger partial charge in [-0.3, -0.25) is 0 Å². The summed E-state index contributed by atoms with van der Waals surface area (Å²) in [6.45, 7) is 5.59. The highest BCUT2D eigenvalue weighted by atomic mass is 16.6. The van der Waals surface area contributed by atoms with Crippen LogP contribution in [0.15, 0.2) is 48.5 Å². The first-order chi connectivity index (χ1) is 23.1. The lowest BCUT2D eigenvalue weighted by Crippen LogP contribution is -2.52. The van der Waals surface area contributed by atoms with Gasteiger partial charge in [-0.2, -0.15) is 0 Å². The second kappa shape index (κ2) is 15.8. The molecule has 2 heterocycles. The third-order valence-electron chi connectivity index (χ3n) is 11.0. The molecule has 10 nitrogen and oxygen atoms in total. The Labute approximate surface area is 285 Å². The summed E-state index contributed by atoms with van der Waals surface area (Å²) in [5, 5.41) is 19.4. The number of carbonyl (C=O) groups is 2. The van der Waals surface area contributed by atoms with E-state index in [4.69, 9.17) is 18.9 Å². The molecule has 0 unspecified atom stereocenters. The van der Waals surface area contributed by atoms with Crippen LogP contribution in [0.2, 0.25) is 0 Å². The van der Waals surface area contributed by atoms with E-state index in [9.17, 15) is 19.8 Å². The normalized spacial score (nSPS) is 28.5. The van der Waals surface area contributed by atoms with Crippen molar-refractivity contribution < 1.29 is 38.7 Å². The van der Waals surface area contributed by atoms with Crippen LogP contribution in [-0.4, -0.2) is 82.9 Å². The molecule has 0 bridgehead atoms. The van der Waals surface area contributed by atoms with E-state index in [0.717, 1.165) is 99.7 Å². The van der Waals surface area contributed by atoms with E-state index in [2.05, 4.69) is 13.8 Å². The number of benzene rings is 2. The Morgan fingerprint density at radius 2 is 0.979 bits per heavy atom. The van der Waals surface area contributed by atoms with E-state index in [0.29, 0.717) is 13.1 Å². The molecule has 2 atom stereocenters. The number of hydrogen-bond donors (Lipinski definition) is 2. The molecule has 2 aliphatic carbocycles. The smallest absolute Gasteiger partial charge is 0.410 e. The Bertz CT molecular complexity index is 1230. The number of amides is 2. The van der Waals surface area contributed by atoms with Crippen LogP contribution in [0, 0.1) is 0 Å². The first-order valence-electron chi connectivity index (χ1n) is 17.8. The second-order valence-corrected chi connectivity index (χ2v) is 13.8. The zero-order chi connectivity index (χ0) is 34.3. The molecule has 2 aliphatic heterocycles. The van der Waals surface area contributed by atoms with Crippen LogP contribution in [0.25, 0.3) is 0 Å². The molecule has 4 fully saturated rings. The van der Waals surface area contributed by atoms with E-state index in [-0.39, 0.29) is 47.7 Å². The lowest BCUT2D eigenvalue weighted by molar-refractivity contribution is -0.0923. The summed E-state index contributed by atoms with van der Waals surface area (Å²) in [7, 11) is 3.30. The topological polar surface area (TPSA) is 118 Å². The maximum atomic E-state index is 12.7. The molecule has 2 aromatic carbocycles. The summed E-state index contributed by atoms with van der Waals surface area (Å²) in [5.74, 6) is 1.63. The van der Waals surface area contributed by atoms with Crippen LogP contribution < -0.4 is 9.47 Å². The highest BCUT2D eigenvalue weighted by Crippen LogP contribution is 2.42. The largest absolute Gasteiger partial charge is 0.497 e. The van der Waals surface area contributed by atoms with Crippen molar-refractivity contribution in [3.63, 3.8) is 0 Å². The fraction of sp³-hybridized carbons (Fsp3) is 0.632. The maximum Gasteiger partial charge on any atom is 0.410 e. The number of aliphatic hydroxyl groups is 2. The molecular weight excluding hydrogens is 612 g/mol. The molecule has 48 heavy (non-hydrogen) atoms. The van der Waals surface area contributed by atoms with Gasteiger partial charge in [-0.25, -0.2) is 9.59 Å². The van der Waals surface area contributed by atoms with Gasteiger partial charge < -0.3 is 39.0 Å². The summed E-state index contributed by atoms with van der Waals surface area (Å²) in [6.07, 6.45) is 8.43. The van der Waals surface area contributed by atoms with E-state index in [1.165, 1.54) is 0 Å². The molecule has 2 spiro atoms. The Kier molecular flexibility index (Phi) is 11.8. The van der Waals surface area contributed by atoms with Crippen molar-refractivity contribution in [2.45, 2.75) is 126 Å². The summed E-state index contributed by atoms with van der Waals surface area (Å²) in [4.78, 5) is 29.0. The lowest BCUT2D eigenvalue weighted by atomic mass is 9.80. The van der Waals surface area contributed by atoms with Crippen LogP contribution in [0.4, 0.5) is 9.59 Å². The van der Waals surface area contributed by atoms with E-state index in [1.807, 2.05) is 58.3 Å². The Hall–Kier alpha value is -3.50. The summed E-state index contributed by atoms with van der Waals surface area (Å²) < 4.78 is 22.2. The summed E-state index contributed by atoms with van der Waals surface area (Å²) >= 11 is 0. The predicted octanol–water partition coefficient (Wildman–Crippen LogP) is 7.32. The zero-order valence-electron chi connectivity index (χ0n) is 29.1. The summed E-state index contributed by atoms with van der Waals surface area (Å²) in [5.41, 5.74) is 1.49. The first-order valence-corrected chi connectivity index (χ1v) is 17.8. The Balaban J connectivity index is 0.000000188. The number of ether oxygens (including phenoxy) is 4. The molecule has 2 amide bonds. The van der Waals surface area contributed by atoms with Gasteiger partial charge in [-0.05, 0) is 99.6 Å². The minimum absolute atomic E-state index is 0.0231. The summed E-state index contributed by atoms with van der Waals surface area (Å²) in [6, 6.07) is 15.8. The SMILES string of the molecule is CC[C@@H](c1ccc(OC)cc1)N1CCC2(CCC(O)CC2)OC1=O.CC[C@@H](c1ccc(OC)cc1)N1CCC2(CCC(O)CC2)OC1=O. The van der Waals surface area contributed by atoms with Crippen molar-refractivity contribution in [3.05, 3.63) is 59.7 Å². The minimum atomic E-state index is -0.356. The molecule has 0 aromatic heterocycles. The molecular formula is C38H54N2O8. The van der Waals surface area contributed by atoms with Gasteiger partial charge in [0.25, 0.3) is 0 Å². The van der Waals surface area contributed by atoms with Crippen molar-refractivity contribution in [2.24, 2.45) is 0 Å². The standard InChI is InChI=1S/2C19H27NO4/c2*1-3-17(14-4-6-16(23-2)7-5-14)20-13-12-19(24-18(20)22)10-8-15(21)9-11-19/h2*4-7,15,17,21H,3,8-13H2,1-2H3/t2*15?,17-,19?/m00/s1. The Morgan fingerprint density at radius 3 is 1.25 bits per heavy atom. The van der Waals surface area contributed by atoms with Gasteiger partial charge in [0.1, 0.15) is 22.7 Å². The van der Waals surface area contributed by atoms with Gasteiger partial charge in [0.2, 0.25) is 0 Å². The van der Waals surface area contributed by atoms with Gasteiger partial charge in [0, 0.05) is 25.9 Å². The first kappa shape index (κ1) is 35.8.